The Morgan fingerprint density at radius 2 is 1.90 bits per heavy atom. The van der Waals surface area contributed by atoms with E-state index in [1.165, 1.54) is 18.8 Å². The molecule has 1 aromatic heterocycles. The first-order valence-corrected chi connectivity index (χ1v) is 6.94. The van der Waals surface area contributed by atoms with Crippen LogP contribution in [0.2, 0.25) is 5.02 Å². The summed E-state index contributed by atoms with van der Waals surface area (Å²) in [6.45, 7) is 1.85. The monoisotopic (exact) mass is 321 g/mol. The zero-order chi connectivity index (χ0) is 14.9. The van der Waals surface area contributed by atoms with Crippen LogP contribution >= 0.6 is 23.4 Å². The van der Waals surface area contributed by atoms with Crippen molar-refractivity contribution in [2.24, 2.45) is 7.05 Å². The molecule has 0 radical (unpaired) electrons. The van der Waals surface area contributed by atoms with E-state index in [-0.39, 0.29) is 10.4 Å². The molecular weight excluding hydrogens is 311 g/mol. The van der Waals surface area contributed by atoms with E-state index in [9.17, 15) is 13.2 Å². The Balaban J connectivity index is 2.23. The quantitative estimate of drug-likeness (QED) is 0.788. The number of alkyl halides is 3. The summed E-state index contributed by atoms with van der Waals surface area (Å²) in [5, 5.41) is 7.42. The number of aromatic nitrogens is 3. The summed E-state index contributed by atoms with van der Waals surface area (Å²) in [5.41, 5.74) is 0.843. The highest BCUT2D eigenvalue weighted by Gasteiger charge is 2.37. The zero-order valence-electron chi connectivity index (χ0n) is 10.6. The molecule has 0 N–H and O–H groups in total. The third-order valence-electron chi connectivity index (χ3n) is 2.71. The van der Waals surface area contributed by atoms with Crippen molar-refractivity contribution in [3.8, 4) is 0 Å². The van der Waals surface area contributed by atoms with Gasteiger partial charge in [0.2, 0.25) is 5.82 Å². The van der Waals surface area contributed by atoms with Crippen molar-refractivity contribution in [3.63, 3.8) is 0 Å². The van der Waals surface area contributed by atoms with Gasteiger partial charge in [-0.25, -0.2) is 0 Å². The fourth-order valence-electron chi connectivity index (χ4n) is 1.69. The molecule has 108 valence electrons. The van der Waals surface area contributed by atoms with Gasteiger partial charge in [0.25, 0.3) is 0 Å². The molecule has 2 aromatic rings. The van der Waals surface area contributed by atoms with E-state index in [0.29, 0.717) is 5.02 Å². The summed E-state index contributed by atoms with van der Waals surface area (Å²) in [6, 6.07) is 7.20. The van der Waals surface area contributed by atoms with Gasteiger partial charge >= 0.3 is 6.18 Å². The molecule has 1 unspecified atom stereocenters. The minimum absolute atomic E-state index is 0.132. The smallest absolute Gasteiger partial charge is 0.302 e. The van der Waals surface area contributed by atoms with Crippen molar-refractivity contribution in [1.29, 1.82) is 0 Å². The fourth-order valence-corrected chi connectivity index (χ4v) is 3.04. The number of hydrogen-bond donors (Lipinski definition) is 0. The predicted octanol–water partition coefficient (Wildman–Crippen LogP) is 4.34. The molecular formula is C12H11ClF3N3S. The second kappa shape index (κ2) is 5.65. The van der Waals surface area contributed by atoms with Crippen LogP contribution in [0.25, 0.3) is 0 Å². The largest absolute Gasteiger partial charge is 0.451 e. The van der Waals surface area contributed by atoms with E-state index in [4.69, 9.17) is 11.6 Å². The van der Waals surface area contributed by atoms with Crippen molar-refractivity contribution < 1.29 is 13.2 Å². The first-order valence-electron chi connectivity index (χ1n) is 5.68. The van der Waals surface area contributed by atoms with Crippen molar-refractivity contribution >= 4 is 23.4 Å². The van der Waals surface area contributed by atoms with Gasteiger partial charge in [-0.2, -0.15) is 13.2 Å². The van der Waals surface area contributed by atoms with Gasteiger partial charge < -0.3 is 4.57 Å². The van der Waals surface area contributed by atoms with Crippen molar-refractivity contribution in [3.05, 3.63) is 40.7 Å². The molecule has 2 rings (SSSR count). The first kappa shape index (κ1) is 15.2. The Bertz CT molecular complexity index is 612. The molecule has 0 bridgehead atoms. The van der Waals surface area contributed by atoms with Crippen LogP contribution in [0.5, 0.6) is 0 Å². The van der Waals surface area contributed by atoms with E-state index in [1.54, 1.807) is 12.1 Å². The van der Waals surface area contributed by atoms with E-state index in [2.05, 4.69) is 10.2 Å². The molecule has 0 saturated carbocycles. The highest BCUT2D eigenvalue weighted by atomic mass is 35.5. The maximum absolute atomic E-state index is 12.6. The molecule has 0 aliphatic heterocycles. The molecule has 0 fully saturated rings. The maximum atomic E-state index is 12.6. The lowest BCUT2D eigenvalue weighted by Crippen LogP contribution is -2.13. The summed E-state index contributed by atoms with van der Waals surface area (Å²) < 4.78 is 38.8. The summed E-state index contributed by atoms with van der Waals surface area (Å²) in [5.74, 6) is -1.01. The van der Waals surface area contributed by atoms with Crippen LogP contribution < -0.4 is 0 Å². The molecule has 0 saturated heterocycles. The minimum Gasteiger partial charge on any atom is -0.302 e. The predicted molar refractivity (Wildman–Crippen MR) is 71.7 cm³/mol. The van der Waals surface area contributed by atoms with Gasteiger partial charge in [0.1, 0.15) is 0 Å². The molecule has 8 heteroatoms. The third kappa shape index (κ3) is 3.09. The van der Waals surface area contributed by atoms with E-state index >= 15 is 0 Å². The molecule has 20 heavy (non-hydrogen) atoms. The average molecular weight is 322 g/mol. The highest BCUT2D eigenvalue weighted by molar-refractivity contribution is 7.99. The van der Waals surface area contributed by atoms with E-state index in [1.807, 2.05) is 19.1 Å². The summed E-state index contributed by atoms with van der Waals surface area (Å²) in [7, 11) is 1.30. The number of thioether (sulfide) groups is 1. The van der Waals surface area contributed by atoms with Crippen molar-refractivity contribution in [2.75, 3.05) is 0 Å². The number of benzene rings is 1. The number of halogens is 4. The summed E-state index contributed by atoms with van der Waals surface area (Å²) in [4.78, 5) is 0. The molecule has 3 nitrogen and oxygen atoms in total. The average Bonchev–Trinajstić information content (AvgIpc) is 2.71. The van der Waals surface area contributed by atoms with Crippen LogP contribution in [-0.2, 0) is 13.2 Å². The Morgan fingerprint density at radius 1 is 1.25 bits per heavy atom. The van der Waals surface area contributed by atoms with Gasteiger partial charge in [-0.05, 0) is 18.6 Å². The number of nitrogens with zero attached hydrogens (tertiary/aromatic N) is 3. The number of rotatable bonds is 3. The molecule has 0 spiro atoms. The zero-order valence-corrected chi connectivity index (χ0v) is 12.2. The van der Waals surface area contributed by atoms with Crippen molar-refractivity contribution in [1.82, 2.24) is 14.8 Å². The fraction of sp³-hybridized carbons (Fsp3) is 0.333. The molecule has 0 aliphatic rings. The van der Waals surface area contributed by atoms with Gasteiger partial charge in [0.05, 0.1) is 0 Å². The van der Waals surface area contributed by atoms with Crippen molar-refractivity contribution in [2.45, 2.75) is 23.5 Å². The van der Waals surface area contributed by atoms with E-state index < -0.39 is 12.0 Å². The molecule has 1 heterocycles. The van der Waals surface area contributed by atoms with Crippen LogP contribution in [-0.4, -0.2) is 14.8 Å². The van der Waals surface area contributed by atoms with Crippen LogP contribution in [0.15, 0.2) is 29.4 Å². The van der Waals surface area contributed by atoms with Gasteiger partial charge in [-0.15, -0.1) is 10.2 Å². The normalized spacial score (nSPS) is 13.5. The van der Waals surface area contributed by atoms with Crippen LogP contribution in [0.4, 0.5) is 13.2 Å². The molecule has 1 atom stereocenters. The SMILES string of the molecule is CC(Sc1nnc(C(F)(F)F)n1C)c1ccccc1Cl. The molecule has 1 aromatic carbocycles. The first-order chi connectivity index (χ1) is 9.30. The van der Waals surface area contributed by atoms with E-state index in [0.717, 1.165) is 10.1 Å². The lowest BCUT2D eigenvalue weighted by molar-refractivity contribution is -0.147. The van der Waals surface area contributed by atoms with Gasteiger partial charge in [-0.3, -0.25) is 0 Å². The third-order valence-corrected chi connectivity index (χ3v) is 4.23. The van der Waals surface area contributed by atoms with Gasteiger partial charge in [-0.1, -0.05) is 41.6 Å². The van der Waals surface area contributed by atoms with Gasteiger partial charge in [0.15, 0.2) is 5.16 Å². The Labute approximate surface area is 123 Å². The second-order valence-electron chi connectivity index (χ2n) is 4.14. The Hall–Kier alpha value is -1.21. The highest BCUT2D eigenvalue weighted by Crippen LogP contribution is 2.38. The second-order valence-corrected chi connectivity index (χ2v) is 5.86. The maximum Gasteiger partial charge on any atom is 0.451 e. The molecule has 0 amide bonds. The number of hydrogen-bond acceptors (Lipinski definition) is 3. The van der Waals surface area contributed by atoms with Crippen LogP contribution in [0.1, 0.15) is 23.6 Å². The Kier molecular flexibility index (Phi) is 4.29. The lowest BCUT2D eigenvalue weighted by Gasteiger charge is -2.13. The Morgan fingerprint density at radius 3 is 2.45 bits per heavy atom. The topological polar surface area (TPSA) is 30.7 Å². The summed E-state index contributed by atoms with van der Waals surface area (Å²) >= 11 is 7.25. The standard InChI is InChI=1S/C12H11ClF3N3S/c1-7(8-5-3-4-6-9(8)13)20-11-18-17-10(19(11)2)12(14,15)16/h3-7H,1-2H3. The molecule has 0 aliphatic carbocycles. The summed E-state index contributed by atoms with van der Waals surface area (Å²) in [6.07, 6.45) is -4.51. The minimum atomic E-state index is -4.51. The van der Waals surface area contributed by atoms with Gasteiger partial charge in [0, 0.05) is 17.3 Å². The van der Waals surface area contributed by atoms with Crippen LogP contribution in [0.3, 0.4) is 0 Å². The van der Waals surface area contributed by atoms with Crippen LogP contribution in [0, 0.1) is 0 Å². The lowest BCUT2D eigenvalue weighted by atomic mass is 10.2.